The van der Waals surface area contributed by atoms with Crippen LogP contribution in [0.5, 0.6) is 0 Å². The van der Waals surface area contributed by atoms with Gasteiger partial charge in [0.25, 0.3) is 0 Å². The molecule has 4 heterocycles. The van der Waals surface area contributed by atoms with Crippen molar-refractivity contribution in [1.29, 1.82) is 0 Å². The zero-order chi connectivity index (χ0) is 21.6. The molecule has 1 spiro atoms. The van der Waals surface area contributed by atoms with E-state index in [9.17, 15) is 9.59 Å². The zero-order valence-corrected chi connectivity index (χ0v) is 18.4. The minimum Gasteiger partial charge on any atom is -0.476 e. The van der Waals surface area contributed by atoms with Crippen molar-refractivity contribution in [3.05, 3.63) is 52.7 Å². The first kappa shape index (κ1) is 20.2. The number of carbonyl (C=O) groups is 2. The van der Waals surface area contributed by atoms with Crippen LogP contribution in [-0.4, -0.2) is 61.9 Å². The SMILES string of the molecule is Cc1ccc2cc(CN3CCCC34CCN(C(=O)n3ccc(C(=O)O)n3)CC4)sc2c1. The molecule has 0 saturated carbocycles. The first-order valence-electron chi connectivity index (χ1n) is 10.8. The van der Waals surface area contributed by atoms with Crippen molar-refractivity contribution in [3.63, 3.8) is 0 Å². The van der Waals surface area contributed by atoms with Gasteiger partial charge in [-0.05, 0) is 68.3 Å². The predicted molar refractivity (Wildman–Crippen MR) is 120 cm³/mol. The average molecular weight is 439 g/mol. The molecule has 31 heavy (non-hydrogen) atoms. The molecule has 0 unspecified atom stereocenters. The Morgan fingerprint density at radius 3 is 2.68 bits per heavy atom. The molecule has 2 aromatic heterocycles. The van der Waals surface area contributed by atoms with E-state index in [1.54, 1.807) is 4.90 Å². The second-order valence-corrected chi connectivity index (χ2v) is 9.89. The van der Waals surface area contributed by atoms with Gasteiger partial charge in [-0.3, -0.25) is 4.90 Å². The van der Waals surface area contributed by atoms with Crippen LogP contribution in [0.25, 0.3) is 10.1 Å². The van der Waals surface area contributed by atoms with Crippen LogP contribution in [0.15, 0.2) is 36.5 Å². The Labute approximate surface area is 184 Å². The third-order valence-electron chi connectivity index (χ3n) is 6.78. The van der Waals surface area contributed by atoms with Crippen LogP contribution in [0.1, 0.15) is 46.6 Å². The van der Waals surface area contributed by atoms with E-state index >= 15 is 0 Å². The quantitative estimate of drug-likeness (QED) is 0.663. The van der Waals surface area contributed by atoms with Gasteiger partial charge in [0.15, 0.2) is 5.69 Å². The molecule has 2 aliphatic heterocycles. The Balaban J connectivity index is 1.26. The summed E-state index contributed by atoms with van der Waals surface area (Å²) < 4.78 is 2.50. The summed E-state index contributed by atoms with van der Waals surface area (Å²) in [5.74, 6) is -1.12. The summed E-state index contributed by atoms with van der Waals surface area (Å²) in [6.45, 7) is 5.54. The number of piperidine rings is 1. The summed E-state index contributed by atoms with van der Waals surface area (Å²) >= 11 is 1.89. The molecule has 0 radical (unpaired) electrons. The highest BCUT2D eigenvalue weighted by atomic mass is 32.1. The molecule has 2 aliphatic rings. The van der Waals surface area contributed by atoms with Crippen LogP contribution in [0.4, 0.5) is 4.79 Å². The van der Waals surface area contributed by atoms with E-state index < -0.39 is 5.97 Å². The molecule has 162 valence electrons. The first-order valence-corrected chi connectivity index (χ1v) is 11.6. The van der Waals surface area contributed by atoms with Gasteiger partial charge in [-0.15, -0.1) is 11.3 Å². The molecule has 7 nitrogen and oxygen atoms in total. The summed E-state index contributed by atoms with van der Waals surface area (Å²) in [5, 5.41) is 14.2. The molecule has 8 heteroatoms. The molecular weight excluding hydrogens is 412 g/mol. The lowest BCUT2D eigenvalue weighted by molar-refractivity contribution is 0.0591. The molecule has 5 rings (SSSR count). The highest BCUT2D eigenvalue weighted by Gasteiger charge is 2.44. The highest BCUT2D eigenvalue weighted by Crippen LogP contribution is 2.40. The van der Waals surface area contributed by atoms with Gasteiger partial charge >= 0.3 is 12.0 Å². The first-order chi connectivity index (χ1) is 14.9. The number of carboxylic acids is 1. The normalized spacial score (nSPS) is 18.8. The molecule has 0 bridgehead atoms. The molecule has 0 aliphatic carbocycles. The maximum absolute atomic E-state index is 12.8. The number of thiophene rings is 1. The molecule has 2 saturated heterocycles. The average Bonchev–Trinajstić information content (AvgIpc) is 3.47. The maximum Gasteiger partial charge on any atom is 0.356 e. The Morgan fingerprint density at radius 2 is 1.94 bits per heavy atom. The van der Waals surface area contributed by atoms with Gasteiger partial charge in [0.05, 0.1) is 0 Å². The summed E-state index contributed by atoms with van der Waals surface area (Å²) in [5.41, 5.74) is 1.34. The number of benzene rings is 1. The van der Waals surface area contributed by atoms with Crippen molar-refractivity contribution in [1.82, 2.24) is 19.6 Å². The number of hydrogen-bond donors (Lipinski definition) is 1. The Hall–Kier alpha value is -2.71. The third-order valence-corrected chi connectivity index (χ3v) is 7.87. The maximum atomic E-state index is 12.8. The van der Waals surface area contributed by atoms with E-state index in [1.807, 2.05) is 11.3 Å². The Morgan fingerprint density at radius 1 is 1.13 bits per heavy atom. The molecular formula is C23H26N4O3S. The molecule has 1 aromatic carbocycles. The van der Waals surface area contributed by atoms with Crippen molar-refractivity contribution in [2.24, 2.45) is 0 Å². The van der Waals surface area contributed by atoms with Gasteiger partial charge in [0.1, 0.15) is 0 Å². The van der Waals surface area contributed by atoms with Gasteiger partial charge in [0.2, 0.25) is 0 Å². The molecule has 0 atom stereocenters. The number of fused-ring (bicyclic) bond motifs is 1. The van der Waals surface area contributed by atoms with Crippen LogP contribution in [-0.2, 0) is 6.54 Å². The lowest BCUT2D eigenvalue weighted by Gasteiger charge is -2.44. The van der Waals surface area contributed by atoms with Crippen LogP contribution < -0.4 is 0 Å². The van der Waals surface area contributed by atoms with E-state index in [0.717, 1.165) is 30.6 Å². The smallest absolute Gasteiger partial charge is 0.356 e. The largest absolute Gasteiger partial charge is 0.476 e. The van der Waals surface area contributed by atoms with Crippen LogP contribution in [0, 0.1) is 6.92 Å². The van der Waals surface area contributed by atoms with Gasteiger partial charge in [0, 0.05) is 40.9 Å². The number of rotatable bonds is 3. The number of aromatic nitrogens is 2. The monoisotopic (exact) mass is 438 g/mol. The lowest BCUT2D eigenvalue weighted by Crippen LogP contribution is -2.53. The van der Waals surface area contributed by atoms with Crippen molar-refractivity contribution >= 4 is 33.4 Å². The number of hydrogen-bond acceptors (Lipinski definition) is 5. The zero-order valence-electron chi connectivity index (χ0n) is 17.6. The van der Waals surface area contributed by atoms with E-state index in [4.69, 9.17) is 5.11 Å². The molecule has 2 fully saturated rings. The number of aryl methyl sites for hydroxylation is 1. The van der Waals surface area contributed by atoms with Crippen molar-refractivity contribution in [2.75, 3.05) is 19.6 Å². The molecule has 1 N–H and O–H groups in total. The number of nitrogens with zero attached hydrogens (tertiary/aromatic N) is 4. The number of carbonyl (C=O) groups excluding carboxylic acids is 1. The number of likely N-dealkylation sites (tertiary alicyclic amines) is 2. The van der Waals surface area contributed by atoms with Gasteiger partial charge in [-0.25, -0.2) is 9.59 Å². The lowest BCUT2D eigenvalue weighted by atomic mass is 9.85. The number of amides is 1. The van der Waals surface area contributed by atoms with E-state index in [2.05, 4.69) is 41.2 Å². The van der Waals surface area contributed by atoms with E-state index in [-0.39, 0.29) is 17.3 Å². The molecule has 3 aromatic rings. The van der Waals surface area contributed by atoms with E-state index in [1.165, 1.54) is 45.6 Å². The summed E-state index contributed by atoms with van der Waals surface area (Å²) in [6, 6.07) is 10.1. The topological polar surface area (TPSA) is 78.7 Å². The van der Waals surface area contributed by atoms with Crippen molar-refractivity contribution in [2.45, 2.75) is 44.7 Å². The van der Waals surface area contributed by atoms with Crippen molar-refractivity contribution in [3.8, 4) is 0 Å². The summed E-state index contributed by atoms with van der Waals surface area (Å²) in [6.07, 6.45) is 5.68. The van der Waals surface area contributed by atoms with Crippen LogP contribution >= 0.6 is 11.3 Å². The highest BCUT2D eigenvalue weighted by molar-refractivity contribution is 7.19. The van der Waals surface area contributed by atoms with Gasteiger partial charge in [-0.1, -0.05) is 12.1 Å². The number of carboxylic acid groups (broad SMARTS) is 1. The fourth-order valence-corrected chi connectivity index (χ4v) is 6.25. The van der Waals surface area contributed by atoms with E-state index in [0.29, 0.717) is 13.1 Å². The minimum atomic E-state index is -1.12. The Kier molecular flexibility index (Phi) is 5.06. The van der Waals surface area contributed by atoms with Crippen LogP contribution in [0.3, 0.4) is 0 Å². The third kappa shape index (κ3) is 3.74. The van der Waals surface area contributed by atoms with Gasteiger partial charge < -0.3 is 10.0 Å². The Bertz CT molecular complexity index is 1140. The second-order valence-electron chi connectivity index (χ2n) is 8.72. The minimum absolute atomic E-state index is 0.109. The van der Waals surface area contributed by atoms with Gasteiger partial charge in [-0.2, -0.15) is 9.78 Å². The fraction of sp³-hybridized carbons (Fsp3) is 0.435. The second kappa shape index (κ2) is 7.76. The predicted octanol–water partition coefficient (Wildman–Crippen LogP) is 4.20. The summed E-state index contributed by atoms with van der Waals surface area (Å²) in [7, 11) is 0. The summed E-state index contributed by atoms with van der Waals surface area (Å²) in [4.78, 5) is 29.6. The standard InChI is InChI=1S/C23H26N4O3S/c1-16-3-4-17-14-18(31-20(17)13-16)15-26-9-2-6-23(26)7-11-25(12-8-23)22(30)27-10-5-19(24-27)21(28)29/h3-5,10,13-14H,2,6-9,11-12,15H2,1H3,(H,28,29). The van der Waals surface area contributed by atoms with Crippen LogP contribution in [0.2, 0.25) is 0 Å². The number of aromatic carboxylic acids is 1. The fourth-order valence-electron chi connectivity index (χ4n) is 5.07. The van der Waals surface area contributed by atoms with Crippen molar-refractivity contribution < 1.29 is 14.7 Å². The molecule has 1 amide bonds.